The summed E-state index contributed by atoms with van der Waals surface area (Å²) in [5, 5.41) is 23.2. The fourth-order valence-electron chi connectivity index (χ4n) is 5.03. The molecule has 188 valence electrons. The van der Waals surface area contributed by atoms with Gasteiger partial charge in [-0.2, -0.15) is 5.10 Å². The van der Waals surface area contributed by atoms with Gasteiger partial charge in [0, 0.05) is 29.7 Å². The Morgan fingerprint density at radius 3 is 2.71 bits per heavy atom. The molecule has 1 saturated carbocycles. The first kappa shape index (κ1) is 24.4. The van der Waals surface area contributed by atoms with E-state index in [2.05, 4.69) is 50.2 Å². The second-order valence-corrected chi connectivity index (χ2v) is 10.4. The van der Waals surface area contributed by atoms with E-state index in [-0.39, 0.29) is 6.10 Å². The molecule has 3 aromatic rings. The Hall–Kier alpha value is -2.26. The van der Waals surface area contributed by atoms with Gasteiger partial charge in [0.2, 0.25) is 5.95 Å². The average molecular weight is 498 g/mol. The van der Waals surface area contributed by atoms with Crippen molar-refractivity contribution in [1.29, 1.82) is 0 Å². The molecule has 2 aromatic heterocycles. The van der Waals surface area contributed by atoms with Crippen molar-refractivity contribution in [2.24, 2.45) is 0 Å². The Kier molecular flexibility index (Phi) is 7.53. The minimum absolute atomic E-state index is 0.329. The zero-order chi connectivity index (χ0) is 24.4. The molecule has 5 rings (SSSR count). The molecule has 2 aliphatic rings. The minimum atomic E-state index is -0.329. The van der Waals surface area contributed by atoms with Gasteiger partial charge in [0.15, 0.2) is 0 Å². The van der Waals surface area contributed by atoms with E-state index in [9.17, 15) is 5.11 Å². The van der Waals surface area contributed by atoms with Gasteiger partial charge < -0.3 is 20.6 Å². The number of nitrogens with zero attached hydrogens (tertiary/aromatic N) is 5. The highest BCUT2D eigenvalue weighted by Gasteiger charge is 2.27. The van der Waals surface area contributed by atoms with E-state index >= 15 is 0 Å². The van der Waals surface area contributed by atoms with E-state index < -0.39 is 0 Å². The van der Waals surface area contributed by atoms with Crippen molar-refractivity contribution in [3.05, 3.63) is 40.8 Å². The summed E-state index contributed by atoms with van der Waals surface area (Å²) in [6.45, 7) is 8.46. The number of aliphatic hydroxyl groups is 1. The minimum Gasteiger partial charge on any atom is -0.390 e. The fraction of sp³-hybridized carbons (Fsp3) is 0.577. The van der Waals surface area contributed by atoms with Crippen LogP contribution in [0.3, 0.4) is 0 Å². The summed E-state index contributed by atoms with van der Waals surface area (Å²) in [4.78, 5) is 11.7. The molecule has 9 heteroatoms. The SMILES string of the molecule is CCCNCC(O)CN1CCC(c2cc3nc(Nc4cnn(C5CC5)c4C)ncc3cc2Cl)CC1. The number of fused-ring (bicyclic) bond motifs is 1. The highest BCUT2D eigenvalue weighted by atomic mass is 35.5. The van der Waals surface area contributed by atoms with Gasteiger partial charge in [-0.1, -0.05) is 18.5 Å². The number of benzene rings is 1. The number of piperidine rings is 1. The molecule has 1 atom stereocenters. The third-order valence-electron chi connectivity index (χ3n) is 7.19. The Bertz CT molecular complexity index is 1150. The van der Waals surface area contributed by atoms with Gasteiger partial charge in [0.05, 0.1) is 35.2 Å². The summed E-state index contributed by atoms with van der Waals surface area (Å²) in [5.74, 6) is 0.966. The van der Waals surface area contributed by atoms with E-state index in [0.717, 1.165) is 71.8 Å². The van der Waals surface area contributed by atoms with E-state index in [1.54, 1.807) is 0 Å². The number of nitrogens with one attached hydrogen (secondary N) is 2. The standard InChI is InChI=1S/C26H36ClN7O/c1-3-8-28-14-21(35)16-33-9-6-18(7-10-33)22-12-24-19(11-23(22)27)13-29-26(31-24)32-25-15-30-34(17(25)2)20-4-5-20/h11-13,15,18,20-21,28,35H,3-10,14,16H2,1-2H3,(H,29,31,32). The Labute approximate surface area is 212 Å². The van der Waals surface area contributed by atoms with Gasteiger partial charge in [-0.3, -0.25) is 4.68 Å². The van der Waals surface area contributed by atoms with Crippen LogP contribution in [-0.2, 0) is 0 Å². The van der Waals surface area contributed by atoms with Crippen LogP contribution in [0.1, 0.15) is 62.2 Å². The molecule has 2 fully saturated rings. The molecule has 8 nitrogen and oxygen atoms in total. The summed E-state index contributed by atoms with van der Waals surface area (Å²) < 4.78 is 2.09. The molecule has 0 amide bonds. The Morgan fingerprint density at radius 2 is 1.97 bits per heavy atom. The van der Waals surface area contributed by atoms with E-state index in [1.807, 2.05) is 18.5 Å². The first-order valence-electron chi connectivity index (χ1n) is 12.9. The predicted octanol–water partition coefficient (Wildman–Crippen LogP) is 4.41. The van der Waals surface area contributed by atoms with Crippen molar-refractivity contribution in [3.8, 4) is 0 Å². The summed E-state index contributed by atoms with van der Waals surface area (Å²) >= 11 is 6.71. The van der Waals surface area contributed by atoms with Crippen LogP contribution in [0.5, 0.6) is 0 Å². The number of rotatable bonds is 10. The van der Waals surface area contributed by atoms with Crippen LogP contribution in [0.4, 0.5) is 11.6 Å². The first-order chi connectivity index (χ1) is 17.0. The van der Waals surface area contributed by atoms with Gasteiger partial charge in [-0.25, -0.2) is 9.97 Å². The molecule has 1 aliphatic carbocycles. The second-order valence-electron chi connectivity index (χ2n) is 10.0. The third kappa shape index (κ3) is 5.77. The molecule has 1 aromatic carbocycles. The Morgan fingerprint density at radius 1 is 1.17 bits per heavy atom. The molecule has 35 heavy (non-hydrogen) atoms. The van der Waals surface area contributed by atoms with Crippen molar-refractivity contribution >= 4 is 34.1 Å². The van der Waals surface area contributed by atoms with Crippen molar-refractivity contribution in [3.63, 3.8) is 0 Å². The summed E-state index contributed by atoms with van der Waals surface area (Å²) in [6, 6.07) is 4.66. The zero-order valence-electron chi connectivity index (χ0n) is 20.7. The third-order valence-corrected chi connectivity index (χ3v) is 7.51. The van der Waals surface area contributed by atoms with Crippen LogP contribution in [0.2, 0.25) is 5.02 Å². The number of aliphatic hydroxyl groups excluding tert-OH is 1. The molecule has 1 saturated heterocycles. The number of anilines is 2. The zero-order valence-corrected chi connectivity index (χ0v) is 21.4. The maximum atomic E-state index is 10.3. The number of aromatic nitrogens is 4. The number of hydrogen-bond donors (Lipinski definition) is 3. The van der Waals surface area contributed by atoms with Gasteiger partial charge in [0.25, 0.3) is 0 Å². The second kappa shape index (κ2) is 10.8. The number of halogens is 1. The van der Waals surface area contributed by atoms with Crippen molar-refractivity contribution in [2.45, 2.75) is 64.0 Å². The van der Waals surface area contributed by atoms with Crippen LogP contribution in [0, 0.1) is 6.92 Å². The van der Waals surface area contributed by atoms with Crippen LogP contribution in [0.25, 0.3) is 10.9 Å². The normalized spacial score (nSPS) is 18.3. The summed E-state index contributed by atoms with van der Waals surface area (Å²) in [5.41, 5.74) is 4.12. The topological polar surface area (TPSA) is 91.1 Å². The monoisotopic (exact) mass is 497 g/mol. The molecule has 3 N–H and O–H groups in total. The average Bonchev–Trinajstić information content (AvgIpc) is 3.63. The van der Waals surface area contributed by atoms with Gasteiger partial charge in [0.1, 0.15) is 0 Å². The number of β-amino-alcohol motifs (C(OH)–C–C–N with tert-alkyl or cyclic N) is 1. The molecule has 1 aliphatic heterocycles. The van der Waals surface area contributed by atoms with Gasteiger partial charge in [-0.15, -0.1) is 0 Å². The van der Waals surface area contributed by atoms with Gasteiger partial charge in [-0.05, 0) is 82.3 Å². The van der Waals surface area contributed by atoms with Crippen molar-refractivity contribution in [2.75, 3.05) is 38.0 Å². The summed E-state index contributed by atoms with van der Waals surface area (Å²) in [7, 11) is 0. The molecular formula is C26H36ClN7O. The highest BCUT2D eigenvalue weighted by Crippen LogP contribution is 2.37. The highest BCUT2D eigenvalue weighted by molar-refractivity contribution is 6.32. The molecule has 3 heterocycles. The van der Waals surface area contributed by atoms with Crippen molar-refractivity contribution < 1.29 is 5.11 Å². The maximum absolute atomic E-state index is 10.3. The lowest BCUT2D eigenvalue weighted by molar-refractivity contribution is 0.0964. The lowest BCUT2D eigenvalue weighted by Gasteiger charge is -2.33. The molecule has 0 bridgehead atoms. The number of likely N-dealkylation sites (tertiary alicyclic amines) is 1. The smallest absolute Gasteiger partial charge is 0.227 e. The van der Waals surface area contributed by atoms with Gasteiger partial charge >= 0.3 is 0 Å². The Balaban J connectivity index is 1.25. The molecule has 0 radical (unpaired) electrons. The summed E-state index contributed by atoms with van der Waals surface area (Å²) in [6.07, 6.45) is 8.90. The largest absolute Gasteiger partial charge is 0.390 e. The van der Waals surface area contributed by atoms with E-state index in [4.69, 9.17) is 16.6 Å². The molecular weight excluding hydrogens is 462 g/mol. The van der Waals surface area contributed by atoms with Crippen molar-refractivity contribution in [1.82, 2.24) is 30.0 Å². The molecule has 0 spiro atoms. The maximum Gasteiger partial charge on any atom is 0.227 e. The lowest BCUT2D eigenvalue weighted by Crippen LogP contribution is -2.42. The van der Waals surface area contributed by atoms with E-state index in [1.165, 1.54) is 12.8 Å². The van der Waals surface area contributed by atoms with Crippen LogP contribution < -0.4 is 10.6 Å². The predicted molar refractivity (Wildman–Crippen MR) is 141 cm³/mol. The quantitative estimate of drug-likeness (QED) is 0.357. The van der Waals surface area contributed by atoms with Crippen LogP contribution in [0.15, 0.2) is 24.5 Å². The molecule has 1 unspecified atom stereocenters. The fourth-order valence-corrected chi connectivity index (χ4v) is 5.36. The van der Waals surface area contributed by atoms with E-state index in [0.29, 0.717) is 31.0 Å². The lowest BCUT2D eigenvalue weighted by atomic mass is 9.88. The van der Waals surface area contributed by atoms with Crippen LogP contribution >= 0.6 is 11.6 Å². The first-order valence-corrected chi connectivity index (χ1v) is 13.3. The van der Waals surface area contributed by atoms with Crippen LogP contribution in [-0.4, -0.2) is 68.6 Å². The number of hydrogen-bond acceptors (Lipinski definition) is 7.